The predicted octanol–water partition coefficient (Wildman–Crippen LogP) is 5.92. The predicted molar refractivity (Wildman–Crippen MR) is 133 cm³/mol. The minimum absolute atomic E-state index is 0.0637. The SMILES string of the molecule is CN(C)C=Nc1c(C(=O)c2cc(F)c(F)c3c2cnn3C2CCCCO2)cc(Br)c2ncc(F)cc12. The Morgan fingerprint density at radius 3 is 2.69 bits per heavy atom. The van der Waals surface area contributed by atoms with Gasteiger partial charge in [0.1, 0.15) is 11.3 Å². The van der Waals surface area contributed by atoms with Crippen LogP contribution in [0.4, 0.5) is 18.9 Å². The number of rotatable bonds is 5. The van der Waals surface area contributed by atoms with Crippen molar-refractivity contribution >= 4 is 55.5 Å². The molecule has 0 bridgehead atoms. The molecule has 1 atom stereocenters. The van der Waals surface area contributed by atoms with Crippen LogP contribution in [0, 0.1) is 17.5 Å². The van der Waals surface area contributed by atoms with Crippen LogP contribution in [0.2, 0.25) is 0 Å². The normalized spacial score (nSPS) is 16.3. The van der Waals surface area contributed by atoms with Crippen molar-refractivity contribution in [3.63, 3.8) is 0 Å². The Bertz CT molecular complexity index is 1530. The van der Waals surface area contributed by atoms with Crippen molar-refractivity contribution in [1.29, 1.82) is 0 Å². The van der Waals surface area contributed by atoms with Gasteiger partial charge < -0.3 is 9.64 Å². The number of hydrogen-bond donors (Lipinski definition) is 0. The molecule has 3 heterocycles. The summed E-state index contributed by atoms with van der Waals surface area (Å²) in [7, 11) is 3.48. The van der Waals surface area contributed by atoms with Gasteiger partial charge in [-0.15, -0.1) is 0 Å². The van der Waals surface area contributed by atoms with Gasteiger partial charge in [-0.25, -0.2) is 22.8 Å². The van der Waals surface area contributed by atoms with E-state index in [0.29, 0.717) is 23.0 Å². The molecule has 186 valence electrons. The molecule has 2 aromatic carbocycles. The van der Waals surface area contributed by atoms with E-state index in [2.05, 4.69) is 31.0 Å². The Hall–Kier alpha value is -3.31. The van der Waals surface area contributed by atoms with E-state index >= 15 is 4.39 Å². The molecule has 0 radical (unpaired) electrons. The van der Waals surface area contributed by atoms with Gasteiger partial charge in [-0.2, -0.15) is 5.10 Å². The van der Waals surface area contributed by atoms with Crippen molar-refractivity contribution in [3.8, 4) is 0 Å². The molecule has 0 N–H and O–H groups in total. The van der Waals surface area contributed by atoms with Crippen molar-refractivity contribution < 1.29 is 22.7 Å². The summed E-state index contributed by atoms with van der Waals surface area (Å²) in [6, 6.07) is 3.58. The maximum atomic E-state index is 15.0. The Kier molecular flexibility index (Phi) is 6.52. The van der Waals surface area contributed by atoms with Crippen LogP contribution >= 0.6 is 15.9 Å². The lowest BCUT2D eigenvalue weighted by Gasteiger charge is -2.23. The van der Waals surface area contributed by atoms with Gasteiger partial charge in [0.25, 0.3) is 0 Å². The molecule has 0 saturated carbocycles. The van der Waals surface area contributed by atoms with E-state index in [4.69, 9.17) is 4.74 Å². The Balaban J connectivity index is 1.74. The minimum atomic E-state index is -1.19. The van der Waals surface area contributed by atoms with Gasteiger partial charge in [-0.3, -0.25) is 9.78 Å². The van der Waals surface area contributed by atoms with E-state index in [0.717, 1.165) is 25.1 Å². The average Bonchev–Trinajstić information content (AvgIpc) is 3.31. The van der Waals surface area contributed by atoms with Crippen LogP contribution in [0.1, 0.15) is 41.4 Å². The van der Waals surface area contributed by atoms with Gasteiger partial charge in [0.15, 0.2) is 23.6 Å². The van der Waals surface area contributed by atoms with Crippen molar-refractivity contribution in [2.75, 3.05) is 20.7 Å². The molecule has 5 rings (SSSR count). The van der Waals surface area contributed by atoms with Gasteiger partial charge in [-0.05, 0) is 53.4 Å². The highest BCUT2D eigenvalue weighted by Gasteiger charge is 2.28. The average molecular weight is 560 g/mol. The molecule has 1 fully saturated rings. The first-order chi connectivity index (χ1) is 17.3. The molecular formula is C25H21BrF3N5O2. The second-order valence-electron chi connectivity index (χ2n) is 8.73. The molecule has 1 aliphatic rings. The second-order valence-corrected chi connectivity index (χ2v) is 9.59. The molecular weight excluding hydrogens is 539 g/mol. The summed E-state index contributed by atoms with van der Waals surface area (Å²) in [6.45, 7) is 0.484. The van der Waals surface area contributed by atoms with Gasteiger partial charge in [0, 0.05) is 41.5 Å². The van der Waals surface area contributed by atoms with Gasteiger partial charge in [0.2, 0.25) is 0 Å². The molecule has 1 unspecified atom stereocenters. The maximum Gasteiger partial charge on any atom is 0.196 e. The third kappa shape index (κ3) is 4.26. The molecule has 4 aromatic rings. The second kappa shape index (κ2) is 9.62. The largest absolute Gasteiger partial charge is 0.369 e. The molecule has 11 heteroatoms. The summed E-state index contributed by atoms with van der Waals surface area (Å²) < 4.78 is 51.4. The minimum Gasteiger partial charge on any atom is -0.369 e. The number of pyridine rings is 1. The summed E-state index contributed by atoms with van der Waals surface area (Å²) >= 11 is 3.39. The van der Waals surface area contributed by atoms with E-state index in [1.807, 2.05) is 0 Å². The molecule has 0 aliphatic carbocycles. The summed E-state index contributed by atoms with van der Waals surface area (Å²) in [5.74, 6) is -3.52. The van der Waals surface area contributed by atoms with Gasteiger partial charge >= 0.3 is 0 Å². The summed E-state index contributed by atoms with van der Waals surface area (Å²) in [4.78, 5) is 24.0. The lowest BCUT2D eigenvalue weighted by Crippen LogP contribution is -2.19. The molecule has 36 heavy (non-hydrogen) atoms. The van der Waals surface area contributed by atoms with Crippen LogP contribution in [0.15, 0.2) is 40.1 Å². The number of ether oxygens (including phenoxy) is 1. The maximum absolute atomic E-state index is 15.0. The first-order valence-corrected chi connectivity index (χ1v) is 12.1. The molecule has 1 aliphatic heterocycles. The Morgan fingerprint density at radius 2 is 1.97 bits per heavy atom. The van der Waals surface area contributed by atoms with Crippen molar-refractivity contribution in [3.05, 3.63) is 63.6 Å². The van der Waals surface area contributed by atoms with Crippen LogP contribution in [0.3, 0.4) is 0 Å². The number of halogens is 4. The van der Waals surface area contributed by atoms with E-state index in [-0.39, 0.29) is 33.1 Å². The lowest BCUT2D eigenvalue weighted by atomic mass is 9.96. The summed E-state index contributed by atoms with van der Waals surface area (Å²) in [6.07, 6.45) is 5.63. The zero-order valence-corrected chi connectivity index (χ0v) is 21.0. The fourth-order valence-corrected chi connectivity index (χ4v) is 4.88. The van der Waals surface area contributed by atoms with Crippen molar-refractivity contribution in [1.82, 2.24) is 19.7 Å². The number of fused-ring (bicyclic) bond motifs is 2. The third-order valence-electron chi connectivity index (χ3n) is 5.97. The van der Waals surface area contributed by atoms with E-state index in [9.17, 15) is 13.6 Å². The van der Waals surface area contributed by atoms with Crippen molar-refractivity contribution in [2.45, 2.75) is 25.5 Å². The monoisotopic (exact) mass is 559 g/mol. The van der Waals surface area contributed by atoms with E-state index in [1.165, 1.54) is 29.3 Å². The highest BCUT2D eigenvalue weighted by atomic mass is 79.9. The van der Waals surface area contributed by atoms with Crippen LogP contribution < -0.4 is 0 Å². The Morgan fingerprint density at radius 1 is 1.17 bits per heavy atom. The van der Waals surface area contributed by atoms with Gasteiger partial charge in [0.05, 0.1) is 35.5 Å². The summed E-state index contributed by atoms with van der Waals surface area (Å²) in [5.41, 5.74) is 0.379. The zero-order chi connectivity index (χ0) is 25.6. The Labute approximate surface area is 212 Å². The smallest absolute Gasteiger partial charge is 0.196 e. The lowest BCUT2D eigenvalue weighted by molar-refractivity contribution is -0.0369. The summed E-state index contributed by atoms with van der Waals surface area (Å²) in [5, 5.41) is 4.68. The number of aromatic nitrogens is 3. The van der Waals surface area contributed by atoms with Crippen LogP contribution in [0.5, 0.6) is 0 Å². The van der Waals surface area contributed by atoms with Crippen LogP contribution in [0.25, 0.3) is 21.8 Å². The standard InChI is InChI=1S/C25H21BrF3N5O2/c1-33(2)12-31-22-15-7-13(27)10-30-23(15)18(26)8-16(22)25(35)14-9-19(28)21(29)24-17(14)11-32-34(24)20-5-3-4-6-36-20/h7-12,20H,3-6H2,1-2H3. The quantitative estimate of drug-likeness (QED) is 0.172. The number of nitrogens with zero attached hydrogens (tertiary/aromatic N) is 5. The zero-order valence-electron chi connectivity index (χ0n) is 19.4. The van der Waals surface area contributed by atoms with E-state index in [1.54, 1.807) is 19.0 Å². The molecule has 1 saturated heterocycles. The number of hydrogen-bond acceptors (Lipinski definition) is 5. The topological polar surface area (TPSA) is 72.6 Å². The first-order valence-electron chi connectivity index (χ1n) is 11.3. The highest BCUT2D eigenvalue weighted by molar-refractivity contribution is 9.10. The fraction of sp³-hybridized carbons (Fsp3) is 0.280. The molecule has 2 aromatic heterocycles. The third-order valence-corrected chi connectivity index (χ3v) is 6.58. The molecule has 0 spiro atoms. The molecule has 0 amide bonds. The van der Waals surface area contributed by atoms with Crippen LogP contribution in [-0.4, -0.2) is 52.5 Å². The fourth-order valence-electron chi connectivity index (χ4n) is 4.33. The van der Waals surface area contributed by atoms with E-state index < -0.39 is 29.5 Å². The number of aliphatic imine (C=N–C) groups is 1. The number of carbonyl (C=O) groups excluding carboxylic acids is 1. The number of carbonyl (C=O) groups is 1. The van der Waals surface area contributed by atoms with Gasteiger partial charge in [-0.1, -0.05) is 0 Å². The molecule has 7 nitrogen and oxygen atoms in total. The van der Waals surface area contributed by atoms with Crippen LogP contribution in [-0.2, 0) is 4.74 Å². The number of benzene rings is 2. The first kappa shape index (κ1) is 24.4. The number of ketones is 1. The van der Waals surface area contributed by atoms with Crippen molar-refractivity contribution in [2.24, 2.45) is 4.99 Å². The highest BCUT2D eigenvalue weighted by Crippen LogP contribution is 2.38.